The molecule has 0 saturated carbocycles. The first-order chi connectivity index (χ1) is 12.7. The molecule has 0 fully saturated rings. The summed E-state index contributed by atoms with van der Waals surface area (Å²) >= 11 is 0. The Morgan fingerprint density at radius 1 is 1.15 bits per heavy atom. The molecule has 1 amide bonds. The Morgan fingerprint density at radius 2 is 1.92 bits per heavy atom. The van der Waals surface area contributed by atoms with Gasteiger partial charge in [0.1, 0.15) is 5.75 Å². The highest BCUT2D eigenvalue weighted by atomic mass is 16.5. The van der Waals surface area contributed by atoms with Crippen molar-refractivity contribution in [2.75, 3.05) is 13.7 Å². The molecule has 0 spiro atoms. The number of aromatic nitrogens is 1. The molecule has 3 aromatic rings. The third-order valence-corrected chi connectivity index (χ3v) is 4.25. The number of fused-ring (bicyclic) bond motifs is 1. The van der Waals surface area contributed by atoms with E-state index in [1.54, 1.807) is 17.7 Å². The molecule has 1 heterocycles. The zero-order valence-corrected chi connectivity index (χ0v) is 14.7. The Bertz CT molecular complexity index is 925. The van der Waals surface area contributed by atoms with Gasteiger partial charge in [0.05, 0.1) is 12.6 Å². The summed E-state index contributed by atoms with van der Waals surface area (Å²) in [5, 5.41) is 2.91. The highest BCUT2D eigenvalue weighted by Gasteiger charge is 2.09. The fourth-order valence-electron chi connectivity index (χ4n) is 2.85. The summed E-state index contributed by atoms with van der Waals surface area (Å²) in [5.74, 6) is 0.422. The Balaban J connectivity index is 1.42. The van der Waals surface area contributed by atoms with Gasteiger partial charge in [0, 0.05) is 19.5 Å². The molecule has 3 rings (SSSR count). The van der Waals surface area contributed by atoms with Gasteiger partial charge in [-0.05, 0) is 42.7 Å². The summed E-state index contributed by atoms with van der Waals surface area (Å²) in [6.45, 7) is 1.04. The lowest BCUT2D eigenvalue weighted by atomic mass is 10.1. The minimum atomic E-state index is -0.383. The van der Waals surface area contributed by atoms with E-state index in [1.807, 2.05) is 42.5 Å². The number of hydrogen-bond donors (Lipinski definition) is 1. The fourth-order valence-corrected chi connectivity index (χ4v) is 2.85. The van der Waals surface area contributed by atoms with E-state index in [1.165, 1.54) is 0 Å². The Kier molecular flexibility index (Phi) is 5.73. The maximum Gasteiger partial charge on any atom is 0.419 e. The molecule has 6 heteroatoms. The molecule has 6 nitrogen and oxygen atoms in total. The van der Waals surface area contributed by atoms with Gasteiger partial charge in [-0.15, -0.1) is 0 Å². The van der Waals surface area contributed by atoms with Gasteiger partial charge in [-0.1, -0.05) is 24.3 Å². The van der Waals surface area contributed by atoms with E-state index in [2.05, 4.69) is 5.32 Å². The average Bonchev–Trinajstić information content (AvgIpc) is 2.98. The smallest absolute Gasteiger partial charge is 0.419 e. The Morgan fingerprint density at radius 3 is 2.69 bits per heavy atom. The van der Waals surface area contributed by atoms with E-state index in [9.17, 15) is 9.59 Å². The molecule has 2 aromatic carbocycles. The second kappa shape index (κ2) is 8.38. The molecular weight excluding hydrogens is 332 g/mol. The molecule has 0 aliphatic heterocycles. The molecule has 26 heavy (non-hydrogen) atoms. The Labute approximate surface area is 151 Å². The molecule has 0 aliphatic rings. The first-order valence-corrected chi connectivity index (χ1v) is 8.65. The van der Waals surface area contributed by atoms with Crippen LogP contribution >= 0.6 is 0 Å². The van der Waals surface area contributed by atoms with Crippen molar-refractivity contribution >= 4 is 17.0 Å². The summed E-state index contributed by atoms with van der Waals surface area (Å²) in [6, 6.07) is 15.1. The van der Waals surface area contributed by atoms with Gasteiger partial charge >= 0.3 is 5.76 Å². The highest BCUT2D eigenvalue weighted by molar-refractivity contribution is 5.76. The maximum absolute atomic E-state index is 12.0. The normalized spacial score (nSPS) is 10.8. The number of nitrogens with one attached hydrogen (secondary N) is 1. The van der Waals surface area contributed by atoms with Crippen molar-refractivity contribution in [3.05, 3.63) is 64.6 Å². The van der Waals surface area contributed by atoms with Crippen LogP contribution in [0.15, 0.2) is 57.7 Å². The Hall–Kier alpha value is -3.02. The van der Waals surface area contributed by atoms with E-state index in [0.717, 1.165) is 23.3 Å². The van der Waals surface area contributed by atoms with Crippen LogP contribution in [-0.2, 0) is 17.8 Å². The minimum Gasteiger partial charge on any atom is -0.497 e. The van der Waals surface area contributed by atoms with Gasteiger partial charge in [0.25, 0.3) is 0 Å². The first-order valence-electron chi connectivity index (χ1n) is 8.65. The highest BCUT2D eigenvalue weighted by Crippen LogP contribution is 2.13. The summed E-state index contributed by atoms with van der Waals surface area (Å²) < 4.78 is 11.9. The number of hydrogen-bond acceptors (Lipinski definition) is 4. The van der Waals surface area contributed by atoms with Crippen molar-refractivity contribution in [1.82, 2.24) is 9.88 Å². The van der Waals surface area contributed by atoms with Crippen molar-refractivity contribution in [3.8, 4) is 5.75 Å². The number of aryl methyl sites for hydroxylation is 1. The third-order valence-electron chi connectivity index (χ3n) is 4.25. The topological polar surface area (TPSA) is 73.5 Å². The van der Waals surface area contributed by atoms with Crippen LogP contribution in [0.25, 0.3) is 11.1 Å². The molecule has 136 valence electrons. The summed E-state index contributed by atoms with van der Waals surface area (Å²) in [5.41, 5.74) is 2.47. The molecule has 0 saturated heterocycles. The van der Waals surface area contributed by atoms with Gasteiger partial charge in [-0.3, -0.25) is 9.36 Å². The van der Waals surface area contributed by atoms with Crippen molar-refractivity contribution in [2.24, 2.45) is 0 Å². The molecule has 0 unspecified atom stereocenters. The molecule has 0 atom stereocenters. The fraction of sp³-hybridized carbons (Fsp3) is 0.300. The number of oxazole rings is 1. The molecule has 0 radical (unpaired) electrons. The lowest BCUT2D eigenvalue weighted by Gasteiger charge is -2.06. The standard InChI is InChI=1S/C20H22N2O4/c1-25-16-10-8-15(9-11-16)12-13-21-19(23)7-4-14-22-17-5-2-3-6-18(17)26-20(22)24/h2-3,5-6,8-11H,4,7,12-14H2,1H3,(H,21,23). The maximum atomic E-state index is 12.0. The van der Waals surface area contributed by atoms with Crippen LogP contribution < -0.4 is 15.8 Å². The quantitative estimate of drug-likeness (QED) is 0.675. The van der Waals surface area contributed by atoms with Gasteiger partial charge < -0.3 is 14.5 Å². The number of para-hydroxylation sites is 2. The van der Waals surface area contributed by atoms with E-state index >= 15 is 0 Å². The molecular formula is C20H22N2O4. The van der Waals surface area contributed by atoms with Gasteiger partial charge in [-0.2, -0.15) is 0 Å². The van der Waals surface area contributed by atoms with Crippen molar-refractivity contribution < 1.29 is 13.9 Å². The van der Waals surface area contributed by atoms with Crippen LogP contribution in [0.4, 0.5) is 0 Å². The van der Waals surface area contributed by atoms with Crippen molar-refractivity contribution in [3.63, 3.8) is 0 Å². The second-order valence-electron chi connectivity index (χ2n) is 6.04. The second-order valence-corrected chi connectivity index (χ2v) is 6.04. The third kappa shape index (κ3) is 4.33. The number of ether oxygens (including phenoxy) is 1. The predicted octanol–water partition coefficient (Wildman–Crippen LogP) is 2.74. The molecule has 0 bridgehead atoms. The number of rotatable bonds is 8. The van der Waals surface area contributed by atoms with Crippen molar-refractivity contribution in [1.29, 1.82) is 0 Å². The minimum absolute atomic E-state index is 0.0145. The van der Waals surface area contributed by atoms with E-state index in [0.29, 0.717) is 31.5 Å². The predicted molar refractivity (Wildman–Crippen MR) is 99.4 cm³/mol. The van der Waals surface area contributed by atoms with Crippen LogP contribution in [0.1, 0.15) is 18.4 Å². The SMILES string of the molecule is COc1ccc(CCNC(=O)CCCn2c(=O)oc3ccccc32)cc1. The largest absolute Gasteiger partial charge is 0.497 e. The van der Waals surface area contributed by atoms with Crippen LogP contribution in [0.5, 0.6) is 5.75 Å². The lowest BCUT2D eigenvalue weighted by molar-refractivity contribution is -0.121. The van der Waals surface area contributed by atoms with Crippen LogP contribution in [0, 0.1) is 0 Å². The zero-order chi connectivity index (χ0) is 18.4. The number of carbonyl (C=O) groups is 1. The van der Waals surface area contributed by atoms with E-state index in [4.69, 9.17) is 9.15 Å². The van der Waals surface area contributed by atoms with Gasteiger partial charge in [0.15, 0.2) is 5.58 Å². The summed E-state index contributed by atoms with van der Waals surface area (Å²) in [4.78, 5) is 23.8. The van der Waals surface area contributed by atoms with Crippen LogP contribution in [0.3, 0.4) is 0 Å². The van der Waals surface area contributed by atoms with Crippen LogP contribution in [0.2, 0.25) is 0 Å². The average molecular weight is 354 g/mol. The molecule has 1 N–H and O–H groups in total. The van der Waals surface area contributed by atoms with Gasteiger partial charge in [0.2, 0.25) is 5.91 Å². The number of nitrogens with zero attached hydrogens (tertiary/aromatic N) is 1. The van der Waals surface area contributed by atoms with E-state index in [-0.39, 0.29) is 11.7 Å². The number of carbonyl (C=O) groups excluding carboxylic acids is 1. The monoisotopic (exact) mass is 354 g/mol. The van der Waals surface area contributed by atoms with E-state index < -0.39 is 0 Å². The summed E-state index contributed by atoms with van der Waals surface area (Å²) in [6.07, 6.45) is 1.72. The zero-order valence-electron chi connectivity index (χ0n) is 14.7. The number of amides is 1. The number of methoxy groups -OCH3 is 1. The van der Waals surface area contributed by atoms with Gasteiger partial charge in [-0.25, -0.2) is 4.79 Å². The summed E-state index contributed by atoms with van der Waals surface area (Å²) in [7, 11) is 1.63. The number of benzene rings is 2. The van der Waals surface area contributed by atoms with Crippen molar-refractivity contribution in [2.45, 2.75) is 25.8 Å². The molecule has 1 aromatic heterocycles. The molecule has 0 aliphatic carbocycles. The first kappa shape index (κ1) is 17.8. The van der Waals surface area contributed by atoms with Crippen LogP contribution in [-0.4, -0.2) is 24.1 Å². The lowest BCUT2D eigenvalue weighted by Crippen LogP contribution is -2.26.